The fourth-order valence-electron chi connectivity index (χ4n) is 7.70. The second-order valence-corrected chi connectivity index (χ2v) is 17.7. The summed E-state index contributed by atoms with van der Waals surface area (Å²) in [4.78, 5) is 4.47. The minimum absolute atomic E-state index is 0.162. The summed E-state index contributed by atoms with van der Waals surface area (Å²) in [6, 6.07) is 52.2. The van der Waals surface area contributed by atoms with Crippen molar-refractivity contribution in [2.75, 3.05) is 16.7 Å². The van der Waals surface area contributed by atoms with E-state index in [2.05, 4.69) is 110 Å². The molecule has 6 nitrogen and oxygen atoms in total. The van der Waals surface area contributed by atoms with Crippen LogP contribution in [0.15, 0.2) is 177 Å². The number of hydrogen-bond donors (Lipinski definition) is 1. The van der Waals surface area contributed by atoms with Crippen LogP contribution in [0.3, 0.4) is 0 Å². The topological polar surface area (TPSA) is 73.8 Å². The molecule has 1 aliphatic heterocycles. The van der Waals surface area contributed by atoms with Gasteiger partial charge in [-0.3, -0.25) is 4.55 Å². The van der Waals surface area contributed by atoms with Crippen LogP contribution in [0.5, 0.6) is 0 Å². The average molecular weight is 820 g/mol. The fraction of sp³-hybridized carbons (Fsp3) is 0.122. The molecule has 0 amide bonds. The van der Waals surface area contributed by atoms with Crippen molar-refractivity contribution in [3.05, 3.63) is 185 Å². The highest BCUT2D eigenvalue weighted by Gasteiger charge is 2.26. The largest absolute Gasteiger partial charge is 0.456 e. The zero-order valence-electron chi connectivity index (χ0n) is 32.7. The molecule has 9 heteroatoms. The van der Waals surface area contributed by atoms with Crippen LogP contribution in [-0.4, -0.2) is 24.7 Å². The molecule has 58 heavy (non-hydrogen) atoms. The first-order valence-corrected chi connectivity index (χ1v) is 22.4. The third-order valence-corrected chi connectivity index (χ3v) is 13.3. The number of para-hydroxylation sites is 2. The highest BCUT2D eigenvalue weighted by molar-refractivity contribution is 7.99. The summed E-state index contributed by atoms with van der Waals surface area (Å²) < 4.78 is 45.6. The van der Waals surface area contributed by atoms with Gasteiger partial charge in [0.25, 0.3) is 10.1 Å². The maximum absolute atomic E-state index is 12.9. The van der Waals surface area contributed by atoms with Crippen LogP contribution in [0.4, 0.5) is 17.1 Å². The molecule has 0 atom stereocenters. The first-order valence-electron chi connectivity index (χ1n) is 19.0. The first-order chi connectivity index (χ1) is 28.1. The van der Waals surface area contributed by atoms with Crippen molar-refractivity contribution in [1.82, 2.24) is 4.58 Å². The molecule has 0 radical (unpaired) electrons. The van der Waals surface area contributed by atoms with Gasteiger partial charge < -0.3 is 9.32 Å². The molecule has 6 aromatic carbocycles. The fourth-order valence-corrected chi connectivity index (χ4v) is 10.2. The second kappa shape index (κ2) is 16.7. The van der Waals surface area contributed by atoms with Crippen LogP contribution < -0.4 is 14.8 Å². The lowest BCUT2D eigenvalue weighted by molar-refractivity contribution is 0.483. The zero-order valence-corrected chi connectivity index (χ0v) is 35.2. The van der Waals surface area contributed by atoms with Gasteiger partial charge in [0.05, 0.1) is 11.9 Å². The van der Waals surface area contributed by atoms with Crippen LogP contribution in [0.1, 0.15) is 22.3 Å². The number of fused-ring (bicyclic) bond motifs is 2. The molecule has 0 spiro atoms. The predicted octanol–water partition coefficient (Wildman–Crippen LogP) is 12.4. The Labute approximate surface area is 348 Å². The van der Waals surface area contributed by atoms with E-state index in [9.17, 15) is 13.0 Å². The van der Waals surface area contributed by atoms with E-state index in [1.165, 1.54) is 6.07 Å². The Hall–Kier alpha value is -5.58. The second-order valence-electron chi connectivity index (χ2n) is 14.3. The van der Waals surface area contributed by atoms with E-state index in [4.69, 9.17) is 4.42 Å². The summed E-state index contributed by atoms with van der Waals surface area (Å²) in [7, 11) is -4.57. The van der Waals surface area contributed by atoms with E-state index < -0.39 is 10.1 Å². The summed E-state index contributed by atoms with van der Waals surface area (Å²) in [6.45, 7) is 8.52. The van der Waals surface area contributed by atoms with Gasteiger partial charge in [-0.1, -0.05) is 103 Å². The van der Waals surface area contributed by atoms with Crippen molar-refractivity contribution in [2.45, 2.75) is 42.4 Å². The van der Waals surface area contributed by atoms with E-state index in [0.29, 0.717) is 34.2 Å². The van der Waals surface area contributed by atoms with E-state index >= 15 is 0 Å². The van der Waals surface area contributed by atoms with Gasteiger partial charge in [0, 0.05) is 66.5 Å². The normalized spacial score (nSPS) is 12.2. The number of aryl methyl sites for hydroxylation is 4. The van der Waals surface area contributed by atoms with Gasteiger partial charge in [0.1, 0.15) is 16.2 Å². The first kappa shape index (κ1) is 39.3. The molecule has 0 aromatic heterocycles. The highest BCUT2D eigenvalue weighted by atomic mass is 32.2. The third kappa shape index (κ3) is 8.08. The average Bonchev–Trinajstić information content (AvgIpc) is 3.22. The monoisotopic (exact) mass is 819 g/mol. The number of thioether (sulfide) groups is 2. The van der Waals surface area contributed by atoms with Crippen molar-refractivity contribution in [2.24, 2.45) is 0 Å². The van der Waals surface area contributed by atoms with Crippen LogP contribution in [-0.2, 0) is 10.1 Å². The number of benzene rings is 7. The van der Waals surface area contributed by atoms with Gasteiger partial charge in [-0.05, 0) is 87.4 Å². The van der Waals surface area contributed by atoms with Crippen molar-refractivity contribution in [3.63, 3.8) is 0 Å². The Morgan fingerprint density at radius 3 is 1.88 bits per heavy atom. The molecule has 0 bridgehead atoms. The summed E-state index contributed by atoms with van der Waals surface area (Å²) >= 11 is 3.50. The molecule has 0 saturated heterocycles. The molecule has 8 rings (SSSR count). The Morgan fingerprint density at radius 1 is 0.621 bits per heavy atom. The van der Waals surface area contributed by atoms with Crippen LogP contribution in [0.25, 0.3) is 33.4 Å². The van der Waals surface area contributed by atoms with Crippen LogP contribution >= 0.6 is 23.5 Å². The van der Waals surface area contributed by atoms with Crippen molar-refractivity contribution in [3.8, 4) is 22.5 Å². The third-order valence-electron chi connectivity index (χ3n) is 10.4. The van der Waals surface area contributed by atoms with Crippen LogP contribution in [0.2, 0.25) is 0 Å². The minimum atomic E-state index is -4.57. The number of hydrogen-bond acceptors (Lipinski definition) is 6. The van der Waals surface area contributed by atoms with Crippen molar-refractivity contribution >= 4 is 61.7 Å². The Morgan fingerprint density at radius 2 is 1.22 bits per heavy atom. The lowest BCUT2D eigenvalue weighted by Gasteiger charge is -2.28. The number of rotatable bonds is 11. The van der Waals surface area contributed by atoms with Gasteiger partial charge in [0.2, 0.25) is 11.0 Å². The van der Waals surface area contributed by atoms with Crippen LogP contribution in [0, 0.1) is 27.7 Å². The predicted molar refractivity (Wildman–Crippen MR) is 241 cm³/mol. The lowest BCUT2D eigenvalue weighted by atomic mass is 9.93. The lowest BCUT2D eigenvalue weighted by Crippen LogP contribution is -2.26. The van der Waals surface area contributed by atoms with E-state index in [-0.39, 0.29) is 4.90 Å². The van der Waals surface area contributed by atoms with Crippen molar-refractivity contribution in [1.29, 1.82) is 0 Å². The van der Waals surface area contributed by atoms with Gasteiger partial charge in [-0.2, -0.15) is 13.0 Å². The summed E-state index contributed by atoms with van der Waals surface area (Å²) in [6.07, 6.45) is 0. The van der Waals surface area contributed by atoms with Gasteiger partial charge in [-0.25, -0.2) is 0 Å². The molecule has 6 aromatic rings. The molecule has 290 valence electrons. The molecule has 0 unspecified atom stereocenters. The molecule has 1 aliphatic carbocycles. The molecular weight excluding hydrogens is 777 g/mol. The maximum Gasteiger partial charge on any atom is 0.295 e. The standard InChI is InChI=1S/C49H42N2O4S3/c1-33-15-13-16-34(2)48(33)50(31-56-39-19-7-5-8-20-39)37-25-27-41-44(29-37)55-45-30-38(26-28-42(45)47(41)43-23-11-12-24-46(43)58(52,53)54)51(32-57-40-21-9-6-10-22-40)49-35(3)17-14-18-36(49)4/h5-30H,31-32H2,1-4H3/p+1. The summed E-state index contributed by atoms with van der Waals surface area (Å²) in [5.41, 5.74) is 10.1. The molecule has 0 saturated carbocycles. The number of anilines is 2. The van der Waals surface area contributed by atoms with E-state index in [0.717, 1.165) is 65.4 Å². The Balaban J connectivity index is 1.40. The Kier molecular flexibility index (Phi) is 11.3. The Bertz CT molecular complexity index is 2890. The van der Waals surface area contributed by atoms with Gasteiger partial charge in [0.15, 0.2) is 5.88 Å². The minimum Gasteiger partial charge on any atom is -0.456 e. The van der Waals surface area contributed by atoms with Gasteiger partial charge >= 0.3 is 0 Å². The molecular formula is C49H43N2O4S3+. The smallest absolute Gasteiger partial charge is 0.295 e. The SMILES string of the molecule is Cc1cccc(C)c1N(CSc1ccccc1)c1ccc2c(-c3ccccc3S(=O)(=O)O)c3cc/c(=[N+](/CSc4ccccc4)c4c(C)cccc4C)cc-3oc2c1. The highest BCUT2D eigenvalue weighted by Crippen LogP contribution is 2.44. The molecule has 1 heterocycles. The number of nitrogens with zero attached hydrogens (tertiary/aromatic N) is 2. The molecule has 0 fully saturated rings. The quantitative estimate of drug-likeness (QED) is 0.0458. The zero-order chi connectivity index (χ0) is 40.4. The van der Waals surface area contributed by atoms with E-state index in [1.807, 2.05) is 60.7 Å². The summed E-state index contributed by atoms with van der Waals surface area (Å²) in [5.74, 6) is 1.86. The summed E-state index contributed by atoms with van der Waals surface area (Å²) in [5, 5.41) is 1.65. The van der Waals surface area contributed by atoms with E-state index in [1.54, 1.807) is 41.7 Å². The molecule has 2 aliphatic rings. The van der Waals surface area contributed by atoms with Crippen molar-refractivity contribution < 1.29 is 17.4 Å². The maximum atomic E-state index is 12.9. The van der Waals surface area contributed by atoms with Gasteiger partial charge in [-0.15, -0.1) is 11.8 Å². The molecule has 1 N–H and O–H groups in total.